The zero-order valence-electron chi connectivity index (χ0n) is 21.0. The summed E-state index contributed by atoms with van der Waals surface area (Å²) in [4.78, 5) is 13.2. The van der Waals surface area contributed by atoms with Gasteiger partial charge in [0.15, 0.2) is 0 Å². The molecule has 1 aromatic heterocycles. The van der Waals surface area contributed by atoms with Gasteiger partial charge in [0, 0.05) is 52.6 Å². The zero-order chi connectivity index (χ0) is 26.2. The highest BCUT2D eigenvalue weighted by molar-refractivity contribution is 6.30. The lowest BCUT2D eigenvalue weighted by molar-refractivity contribution is -0.122. The molecule has 3 aromatic carbocycles. The number of nitrogens with one attached hydrogen (secondary N) is 3. The van der Waals surface area contributed by atoms with Gasteiger partial charge in [-0.1, -0.05) is 61.3 Å². The molecular formula is C30H32Cl2N4O. The summed E-state index contributed by atoms with van der Waals surface area (Å²) in [6.45, 7) is 5.32. The lowest BCUT2D eigenvalue weighted by Gasteiger charge is -2.22. The van der Waals surface area contributed by atoms with Crippen molar-refractivity contribution in [1.82, 2.24) is 9.88 Å². The van der Waals surface area contributed by atoms with E-state index in [4.69, 9.17) is 23.2 Å². The van der Waals surface area contributed by atoms with Gasteiger partial charge < -0.3 is 20.5 Å². The Morgan fingerprint density at radius 3 is 2.24 bits per heavy atom. The number of carbonyl (C=O) groups excluding carboxylic acids is 1. The molecule has 0 saturated heterocycles. The predicted octanol–water partition coefficient (Wildman–Crippen LogP) is 7.54. The Kier molecular flexibility index (Phi) is 9.15. The van der Waals surface area contributed by atoms with Crippen LogP contribution in [0.3, 0.4) is 0 Å². The van der Waals surface area contributed by atoms with Gasteiger partial charge in [-0.25, -0.2) is 0 Å². The topological polar surface area (TPSA) is 58.1 Å². The highest BCUT2D eigenvalue weighted by Gasteiger charge is 2.20. The number of benzene rings is 3. The average molecular weight is 536 g/mol. The van der Waals surface area contributed by atoms with Gasteiger partial charge in [-0.05, 0) is 78.1 Å². The molecule has 192 valence electrons. The molecule has 3 N–H and O–H groups in total. The van der Waals surface area contributed by atoms with E-state index >= 15 is 0 Å². The zero-order valence-corrected chi connectivity index (χ0v) is 22.6. The van der Waals surface area contributed by atoms with Crippen LogP contribution in [-0.2, 0) is 17.9 Å². The first-order valence-corrected chi connectivity index (χ1v) is 13.2. The Morgan fingerprint density at radius 2 is 1.54 bits per heavy atom. The van der Waals surface area contributed by atoms with E-state index in [1.54, 1.807) is 0 Å². The van der Waals surface area contributed by atoms with Crippen molar-refractivity contribution in [3.05, 3.63) is 112 Å². The fourth-order valence-corrected chi connectivity index (χ4v) is 4.46. The van der Waals surface area contributed by atoms with E-state index in [0.29, 0.717) is 35.5 Å². The largest absolute Gasteiger partial charge is 0.381 e. The molecule has 0 aliphatic rings. The summed E-state index contributed by atoms with van der Waals surface area (Å²) in [6, 6.07) is 25.1. The SMILES string of the molecule is CC(C)C[C@@H](Nc1cc(NCc2cccc(Cl)c2)cc(-n2cccc2)c1)C(=O)NCc1ccc(Cl)cc1. The van der Waals surface area contributed by atoms with Crippen LogP contribution in [0.1, 0.15) is 31.4 Å². The quantitative estimate of drug-likeness (QED) is 0.186. The third-order valence-electron chi connectivity index (χ3n) is 5.95. The van der Waals surface area contributed by atoms with Crippen molar-refractivity contribution in [3.8, 4) is 5.69 Å². The van der Waals surface area contributed by atoms with Crippen molar-refractivity contribution in [3.63, 3.8) is 0 Å². The predicted molar refractivity (Wildman–Crippen MR) is 155 cm³/mol. The van der Waals surface area contributed by atoms with Crippen LogP contribution < -0.4 is 16.0 Å². The van der Waals surface area contributed by atoms with Crippen molar-refractivity contribution in [2.24, 2.45) is 5.92 Å². The van der Waals surface area contributed by atoms with Crippen molar-refractivity contribution < 1.29 is 4.79 Å². The number of hydrogen-bond donors (Lipinski definition) is 3. The van der Waals surface area contributed by atoms with E-state index in [2.05, 4.69) is 41.9 Å². The number of rotatable bonds is 11. The Balaban J connectivity index is 1.53. The number of nitrogens with zero attached hydrogens (tertiary/aromatic N) is 1. The van der Waals surface area contributed by atoms with Gasteiger partial charge in [-0.3, -0.25) is 4.79 Å². The minimum Gasteiger partial charge on any atom is -0.381 e. The fraction of sp³-hybridized carbons (Fsp3) is 0.233. The van der Waals surface area contributed by atoms with Crippen LogP contribution in [0, 0.1) is 5.92 Å². The number of halogens is 2. The first-order valence-electron chi connectivity index (χ1n) is 12.4. The first-order chi connectivity index (χ1) is 17.9. The molecule has 37 heavy (non-hydrogen) atoms. The minimum atomic E-state index is -0.381. The number of amides is 1. The summed E-state index contributed by atoms with van der Waals surface area (Å²) in [5.41, 5.74) is 4.90. The smallest absolute Gasteiger partial charge is 0.242 e. The molecule has 1 amide bonds. The van der Waals surface area contributed by atoms with Crippen LogP contribution >= 0.6 is 23.2 Å². The number of carbonyl (C=O) groups is 1. The second kappa shape index (κ2) is 12.7. The summed E-state index contributed by atoms with van der Waals surface area (Å²) < 4.78 is 2.05. The Labute approximate surface area is 228 Å². The number of hydrogen-bond acceptors (Lipinski definition) is 3. The highest BCUT2D eigenvalue weighted by atomic mass is 35.5. The molecule has 5 nitrogen and oxygen atoms in total. The van der Waals surface area contributed by atoms with Crippen molar-refractivity contribution >= 4 is 40.5 Å². The molecule has 1 heterocycles. The van der Waals surface area contributed by atoms with E-state index in [-0.39, 0.29) is 11.9 Å². The molecule has 0 unspecified atom stereocenters. The van der Waals surface area contributed by atoms with Crippen LogP contribution in [0.2, 0.25) is 10.0 Å². The van der Waals surface area contributed by atoms with E-state index in [1.165, 1.54) is 0 Å². The van der Waals surface area contributed by atoms with Crippen LogP contribution in [0.25, 0.3) is 5.69 Å². The summed E-state index contributed by atoms with van der Waals surface area (Å²) >= 11 is 12.1. The maximum absolute atomic E-state index is 13.2. The van der Waals surface area contributed by atoms with Gasteiger partial charge >= 0.3 is 0 Å². The van der Waals surface area contributed by atoms with Gasteiger partial charge in [0.2, 0.25) is 5.91 Å². The average Bonchev–Trinajstić information content (AvgIpc) is 3.42. The molecule has 0 saturated carbocycles. The summed E-state index contributed by atoms with van der Waals surface area (Å²) in [7, 11) is 0. The second-order valence-corrected chi connectivity index (χ2v) is 10.4. The van der Waals surface area contributed by atoms with Gasteiger partial charge in [0.25, 0.3) is 0 Å². The van der Waals surface area contributed by atoms with E-state index in [0.717, 1.165) is 28.2 Å². The molecule has 7 heteroatoms. The standard InChI is InChI=1S/C30H32Cl2N4O/c1-21(2)14-29(30(37)34-19-22-8-10-24(31)11-9-22)35-27-16-26(17-28(18-27)36-12-3-4-13-36)33-20-23-6-5-7-25(32)15-23/h3-13,15-18,21,29,33,35H,14,19-20H2,1-2H3,(H,34,37)/t29-/m1/s1. The fourth-order valence-electron chi connectivity index (χ4n) is 4.12. The molecule has 4 rings (SSSR count). The molecule has 0 aliphatic heterocycles. The van der Waals surface area contributed by atoms with E-state index in [9.17, 15) is 4.79 Å². The van der Waals surface area contributed by atoms with E-state index < -0.39 is 0 Å². The second-order valence-electron chi connectivity index (χ2n) is 9.51. The lowest BCUT2D eigenvalue weighted by Crippen LogP contribution is -2.40. The van der Waals surface area contributed by atoms with Gasteiger partial charge in [-0.15, -0.1) is 0 Å². The van der Waals surface area contributed by atoms with Gasteiger partial charge in [0.05, 0.1) is 0 Å². The molecule has 0 aliphatic carbocycles. The Bertz CT molecular complexity index is 1300. The van der Waals surface area contributed by atoms with Crippen molar-refractivity contribution in [2.45, 2.75) is 39.4 Å². The van der Waals surface area contributed by atoms with Crippen molar-refractivity contribution in [1.29, 1.82) is 0 Å². The molecule has 0 fully saturated rings. The first kappa shape index (κ1) is 26.6. The minimum absolute atomic E-state index is 0.0385. The maximum Gasteiger partial charge on any atom is 0.242 e. The third kappa shape index (κ3) is 8.04. The third-order valence-corrected chi connectivity index (χ3v) is 6.44. The molecule has 1 atom stereocenters. The molecule has 0 spiro atoms. The Hall–Kier alpha value is -3.41. The normalized spacial score (nSPS) is 11.8. The van der Waals surface area contributed by atoms with E-state index in [1.807, 2.05) is 83.7 Å². The summed E-state index contributed by atoms with van der Waals surface area (Å²) in [6.07, 6.45) is 4.71. The van der Waals surface area contributed by atoms with Crippen LogP contribution in [0.15, 0.2) is 91.3 Å². The van der Waals surface area contributed by atoms with Crippen LogP contribution in [0.4, 0.5) is 11.4 Å². The lowest BCUT2D eigenvalue weighted by atomic mass is 10.0. The molecular weight excluding hydrogens is 503 g/mol. The van der Waals surface area contributed by atoms with Crippen LogP contribution in [-0.4, -0.2) is 16.5 Å². The molecule has 0 bridgehead atoms. The van der Waals surface area contributed by atoms with Crippen molar-refractivity contribution in [2.75, 3.05) is 10.6 Å². The monoisotopic (exact) mass is 534 g/mol. The van der Waals surface area contributed by atoms with Crippen LogP contribution in [0.5, 0.6) is 0 Å². The molecule has 0 radical (unpaired) electrons. The maximum atomic E-state index is 13.2. The number of anilines is 2. The summed E-state index contributed by atoms with van der Waals surface area (Å²) in [5.74, 6) is 0.301. The highest BCUT2D eigenvalue weighted by Crippen LogP contribution is 2.25. The number of aromatic nitrogens is 1. The summed E-state index contributed by atoms with van der Waals surface area (Å²) in [5, 5.41) is 11.5. The van der Waals surface area contributed by atoms with Gasteiger partial charge in [-0.2, -0.15) is 0 Å². The molecule has 4 aromatic rings. The Morgan fingerprint density at radius 1 is 0.811 bits per heavy atom. The van der Waals surface area contributed by atoms with Gasteiger partial charge in [0.1, 0.15) is 6.04 Å².